The summed E-state index contributed by atoms with van der Waals surface area (Å²) in [4.78, 5) is 21.8. The molecule has 0 aromatic heterocycles. The maximum Gasteiger partial charge on any atom is 0.319 e. The lowest BCUT2D eigenvalue weighted by molar-refractivity contribution is -0.137. The van der Waals surface area contributed by atoms with Crippen LogP contribution in [0.1, 0.15) is 25.3 Å². The quantitative estimate of drug-likeness (QED) is 0.677. The fraction of sp³-hybridized carbons (Fsp3) is 0.385. The molecule has 5 nitrogen and oxygen atoms in total. The Labute approximate surface area is 106 Å². The summed E-state index contributed by atoms with van der Waals surface area (Å²) in [7, 11) is 0. The molecule has 0 saturated heterocycles. The summed E-state index contributed by atoms with van der Waals surface area (Å²) in [6.45, 7) is 2.40. The van der Waals surface area contributed by atoms with Crippen molar-refractivity contribution in [1.82, 2.24) is 5.32 Å². The van der Waals surface area contributed by atoms with Crippen LogP contribution in [-0.2, 0) is 11.2 Å². The van der Waals surface area contributed by atoms with Crippen molar-refractivity contribution in [2.45, 2.75) is 26.2 Å². The van der Waals surface area contributed by atoms with Gasteiger partial charge in [0.15, 0.2) is 0 Å². The molecule has 98 valence electrons. The van der Waals surface area contributed by atoms with Crippen molar-refractivity contribution in [3.63, 3.8) is 0 Å². The molecular weight excluding hydrogens is 232 g/mol. The van der Waals surface area contributed by atoms with Crippen molar-refractivity contribution in [2.24, 2.45) is 0 Å². The Balaban J connectivity index is 2.33. The highest BCUT2D eigenvalue weighted by Crippen LogP contribution is 2.10. The Bertz CT molecular complexity index is 418. The first-order valence-electron chi connectivity index (χ1n) is 5.97. The number of benzene rings is 1. The standard InChI is InChI=1S/C13H18N2O3/c1-2-10-5-3-6-11(9-10)15-13(18)14-8-4-7-12(16)17/h3,5-6,9H,2,4,7-8H2,1H3,(H,16,17)(H2,14,15,18). The first-order valence-corrected chi connectivity index (χ1v) is 5.97. The Morgan fingerprint density at radius 2 is 2.11 bits per heavy atom. The maximum absolute atomic E-state index is 11.5. The fourth-order valence-corrected chi connectivity index (χ4v) is 1.49. The van der Waals surface area contributed by atoms with Crippen LogP contribution in [-0.4, -0.2) is 23.7 Å². The molecule has 0 aliphatic carbocycles. The number of rotatable bonds is 6. The predicted molar refractivity (Wildman–Crippen MR) is 69.7 cm³/mol. The van der Waals surface area contributed by atoms with Crippen molar-refractivity contribution in [3.8, 4) is 0 Å². The molecule has 0 spiro atoms. The Morgan fingerprint density at radius 3 is 2.78 bits per heavy atom. The minimum atomic E-state index is -0.854. The van der Waals surface area contributed by atoms with Crippen LogP contribution in [0, 0.1) is 0 Å². The van der Waals surface area contributed by atoms with Gasteiger partial charge < -0.3 is 15.7 Å². The molecule has 0 saturated carbocycles. The molecule has 5 heteroatoms. The van der Waals surface area contributed by atoms with Gasteiger partial charge in [0, 0.05) is 18.7 Å². The van der Waals surface area contributed by atoms with Gasteiger partial charge in [-0.2, -0.15) is 0 Å². The third kappa shape index (κ3) is 5.34. The first kappa shape index (κ1) is 14.0. The number of hydrogen-bond donors (Lipinski definition) is 3. The number of carboxylic acid groups (broad SMARTS) is 1. The van der Waals surface area contributed by atoms with E-state index in [1.165, 1.54) is 0 Å². The second-order valence-electron chi connectivity index (χ2n) is 3.93. The van der Waals surface area contributed by atoms with E-state index < -0.39 is 5.97 Å². The van der Waals surface area contributed by atoms with Gasteiger partial charge in [-0.05, 0) is 30.5 Å². The van der Waals surface area contributed by atoms with Gasteiger partial charge in [0.25, 0.3) is 0 Å². The summed E-state index contributed by atoms with van der Waals surface area (Å²) in [6.07, 6.45) is 1.40. The van der Waals surface area contributed by atoms with Gasteiger partial charge in [0.05, 0.1) is 0 Å². The molecular formula is C13H18N2O3. The molecule has 0 bridgehead atoms. The molecule has 18 heavy (non-hydrogen) atoms. The number of carbonyl (C=O) groups excluding carboxylic acids is 1. The summed E-state index contributed by atoms with van der Waals surface area (Å²) >= 11 is 0. The largest absolute Gasteiger partial charge is 0.481 e. The van der Waals surface area contributed by atoms with Crippen LogP contribution in [0.2, 0.25) is 0 Å². The average molecular weight is 250 g/mol. The minimum absolute atomic E-state index is 0.0611. The number of hydrogen-bond acceptors (Lipinski definition) is 2. The molecule has 0 heterocycles. The minimum Gasteiger partial charge on any atom is -0.481 e. The van der Waals surface area contributed by atoms with Gasteiger partial charge in [0.1, 0.15) is 0 Å². The molecule has 0 aliphatic heterocycles. The van der Waals surface area contributed by atoms with Crippen molar-refractivity contribution in [3.05, 3.63) is 29.8 Å². The second-order valence-corrected chi connectivity index (χ2v) is 3.93. The average Bonchev–Trinajstić information content (AvgIpc) is 2.34. The van der Waals surface area contributed by atoms with Crippen molar-refractivity contribution in [1.29, 1.82) is 0 Å². The molecule has 0 unspecified atom stereocenters. The molecule has 0 radical (unpaired) electrons. The molecule has 0 fully saturated rings. The van der Waals surface area contributed by atoms with Crippen molar-refractivity contribution in [2.75, 3.05) is 11.9 Å². The van der Waals surface area contributed by atoms with Crippen LogP contribution in [0.25, 0.3) is 0 Å². The van der Waals surface area contributed by atoms with E-state index in [1.54, 1.807) is 0 Å². The van der Waals surface area contributed by atoms with Crippen LogP contribution < -0.4 is 10.6 Å². The van der Waals surface area contributed by atoms with Gasteiger partial charge >= 0.3 is 12.0 Å². The van der Waals surface area contributed by atoms with Gasteiger partial charge in [-0.15, -0.1) is 0 Å². The van der Waals surface area contributed by atoms with Crippen LogP contribution >= 0.6 is 0 Å². The van der Waals surface area contributed by atoms with Gasteiger partial charge in [0.2, 0.25) is 0 Å². The number of carboxylic acids is 1. The summed E-state index contributed by atoms with van der Waals surface area (Å²) in [6, 6.07) is 7.30. The van der Waals surface area contributed by atoms with E-state index in [2.05, 4.69) is 10.6 Å². The molecule has 0 aliphatic rings. The van der Waals surface area contributed by atoms with Gasteiger partial charge in [-0.3, -0.25) is 4.79 Å². The number of aryl methyl sites for hydroxylation is 1. The summed E-state index contributed by atoms with van der Waals surface area (Å²) in [5.41, 5.74) is 1.89. The Kier molecular flexibility index (Phi) is 5.70. The van der Waals surface area contributed by atoms with E-state index in [4.69, 9.17) is 5.11 Å². The lowest BCUT2D eigenvalue weighted by atomic mass is 10.1. The maximum atomic E-state index is 11.5. The van der Waals surface area contributed by atoms with Crippen LogP contribution in [0.4, 0.5) is 10.5 Å². The van der Waals surface area contributed by atoms with Crippen LogP contribution in [0.15, 0.2) is 24.3 Å². The molecule has 1 aromatic rings. The molecule has 1 rings (SSSR count). The first-order chi connectivity index (χ1) is 8.61. The third-order valence-electron chi connectivity index (χ3n) is 2.45. The normalized spacial score (nSPS) is 9.83. The number of urea groups is 1. The van der Waals surface area contributed by atoms with Crippen LogP contribution in [0.3, 0.4) is 0 Å². The predicted octanol–water partition coefficient (Wildman–Crippen LogP) is 2.24. The number of carbonyl (C=O) groups is 2. The SMILES string of the molecule is CCc1cccc(NC(=O)NCCCC(=O)O)c1. The van der Waals surface area contributed by atoms with E-state index in [0.29, 0.717) is 13.0 Å². The lowest BCUT2D eigenvalue weighted by Gasteiger charge is -2.08. The van der Waals surface area contributed by atoms with Crippen LogP contribution in [0.5, 0.6) is 0 Å². The van der Waals surface area contributed by atoms with E-state index in [1.807, 2.05) is 31.2 Å². The molecule has 1 aromatic carbocycles. The highest BCUT2D eigenvalue weighted by Gasteiger charge is 2.02. The van der Waals surface area contributed by atoms with Crippen molar-refractivity contribution < 1.29 is 14.7 Å². The highest BCUT2D eigenvalue weighted by atomic mass is 16.4. The molecule has 2 amide bonds. The summed E-state index contributed by atoms with van der Waals surface area (Å²) < 4.78 is 0. The zero-order valence-corrected chi connectivity index (χ0v) is 10.4. The summed E-state index contributed by atoms with van der Waals surface area (Å²) in [5.74, 6) is -0.854. The zero-order valence-electron chi connectivity index (χ0n) is 10.4. The second kappa shape index (κ2) is 7.32. The molecule has 3 N–H and O–H groups in total. The van der Waals surface area contributed by atoms with Crippen molar-refractivity contribution >= 4 is 17.7 Å². The van der Waals surface area contributed by atoms with E-state index in [9.17, 15) is 9.59 Å². The number of nitrogens with one attached hydrogen (secondary N) is 2. The topological polar surface area (TPSA) is 78.4 Å². The Hall–Kier alpha value is -2.04. The zero-order chi connectivity index (χ0) is 13.4. The third-order valence-corrected chi connectivity index (χ3v) is 2.45. The van der Waals surface area contributed by atoms with E-state index >= 15 is 0 Å². The van der Waals surface area contributed by atoms with E-state index in [-0.39, 0.29) is 12.5 Å². The monoisotopic (exact) mass is 250 g/mol. The fourth-order valence-electron chi connectivity index (χ4n) is 1.49. The van der Waals surface area contributed by atoms with Gasteiger partial charge in [-0.25, -0.2) is 4.79 Å². The Morgan fingerprint density at radius 1 is 1.33 bits per heavy atom. The number of amides is 2. The number of anilines is 1. The smallest absolute Gasteiger partial charge is 0.319 e. The van der Waals surface area contributed by atoms with Gasteiger partial charge in [-0.1, -0.05) is 19.1 Å². The number of aliphatic carboxylic acids is 1. The molecule has 0 atom stereocenters. The highest BCUT2D eigenvalue weighted by molar-refractivity contribution is 5.89. The van der Waals surface area contributed by atoms with E-state index in [0.717, 1.165) is 17.7 Å². The summed E-state index contributed by atoms with van der Waals surface area (Å²) in [5, 5.41) is 13.8. The lowest BCUT2D eigenvalue weighted by Crippen LogP contribution is -2.29.